The summed E-state index contributed by atoms with van der Waals surface area (Å²) in [5.74, 6) is 0.723. The number of aromatic nitrogens is 1. The molecule has 5 rings (SSSR count). The highest BCUT2D eigenvalue weighted by molar-refractivity contribution is 6.02. The second-order valence-corrected chi connectivity index (χ2v) is 7.72. The molecular formula is C24H23N3O2. The molecule has 0 saturated heterocycles. The molecule has 1 aromatic heterocycles. The van der Waals surface area contributed by atoms with Crippen LogP contribution in [0.2, 0.25) is 0 Å². The van der Waals surface area contributed by atoms with Gasteiger partial charge in [0.1, 0.15) is 12.1 Å². The van der Waals surface area contributed by atoms with E-state index in [4.69, 9.17) is 10.5 Å². The van der Waals surface area contributed by atoms with Crippen LogP contribution in [0, 0.1) is 6.92 Å². The molecule has 0 radical (unpaired) electrons. The summed E-state index contributed by atoms with van der Waals surface area (Å²) in [4.78, 5) is 15.3. The Morgan fingerprint density at radius 2 is 1.97 bits per heavy atom. The number of anilines is 1. The summed E-state index contributed by atoms with van der Waals surface area (Å²) in [6.45, 7) is 9.22. The maximum Gasteiger partial charge on any atom is 0.255 e. The Morgan fingerprint density at radius 1 is 1.21 bits per heavy atom. The van der Waals surface area contributed by atoms with Crippen molar-refractivity contribution in [3.63, 3.8) is 0 Å². The Morgan fingerprint density at radius 3 is 2.69 bits per heavy atom. The molecule has 2 N–H and O–H groups in total. The minimum atomic E-state index is -0.0737. The molecule has 5 heteroatoms. The molecule has 1 atom stereocenters. The van der Waals surface area contributed by atoms with E-state index in [-0.39, 0.29) is 11.6 Å². The van der Waals surface area contributed by atoms with Gasteiger partial charge >= 0.3 is 0 Å². The van der Waals surface area contributed by atoms with Crippen LogP contribution < -0.4 is 20.9 Å². The van der Waals surface area contributed by atoms with Crippen LogP contribution in [-0.2, 0) is 0 Å². The molecule has 146 valence electrons. The molecule has 2 aromatic carbocycles. The highest BCUT2D eigenvalue weighted by atomic mass is 16.5. The number of ether oxygens (including phenoxy) is 1. The second-order valence-electron chi connectivity index (χ2n) is 7.72. The summed E-state index contributed by atoms with van der Waals surface area (Å²) in [6.07, 6.45) is 2.09. The first-order chi connectivity index (χ1) is 14.0. The Kier molecular flexibility index (Phi) is 3.89. The van der Waals surface area contributed by atoms with Crippen LogP contribution in [0.25, 0.3) is 22.2 Å². The molecule has 0 amide bonds. The SMILES string of the molecule is C=C1C=C(C)c2cc3c(C)cc(=O)n(-c4ccccc4)c3c3c2N1C(CN)CO3. The fourth-order valence-electron chi connectivity index (χ4n) is 4.49. The molecule has 0 fully saturated rings. The number of nitrogens with two attached hydrogens (primary N) is 1. The van der Waals surface area contributed by atoms with Gasteiger partial charge in [-0.3, -0.25) is 9.36 Å². The van der Waals surface area contributed by atoms with Gasteiger partial charge in [0.25, 0.3) is 5.56 Å². The Labute approximate surface area is 169 Å². The summed E-state index contributed by atoms with van der Waals surface area (Å²) in [5, 5.41) is 1.01. The monoisotopic (exact) mass is 385 g/mol. The van der Waals surface area contributed by atoms with Crippen molar-refractivity contribution < 1.29 is 4.74 Å². The smallest absolute Gasteiger partial charge is 0.255 e. The van der Waals surface area contributed by atoms with E-state index in [0.717, 1.165) is 50.4 Å². The molecule has 3 aromatic rings. The third-order valence-electron chi connectivity index (χ3n) is 5.87. The molecular weight excluding hydrogens is 362 g/mol. The predicted molar refractivity (Wildman–Crippen MR) is 118 cm³/mol. The summed E-state index contributed by atoms with van der Waals surface area (Å²) in [5.41, 5.74) is 12.6. The lowest BCUT2D eigenvalue weighted by Gasteiger charge is -2.42. The van der Waals surface area contributed by atoms with Crippen molar-refractivity contribution in [3.05, 3.63) is 82.3 Å². The van der Waals surface area contributed by atoms with E-state index in [9.17, 15) is 4.79 Å². The van der Waals surface area contributed by atoms with Crippen LogP contribution in [0.3, 0.4) is 0 Å². The van der Waals surface area contributed by atoms with E-state index in [0.29, 0.717) is 13.2 Å². The fourth-order valence-corrected chi connectivity index (χ4v) is 4.49. The number of nitrogens with zero attached hydrogens (tertiary/aromatic N) is 2. The largest absolute Gasteiger partial charge is 0.487 e. The van der Waals surface area contributed by atoms with Crippen molar-refractivity contribution in [2.75, 3.05) is 18.1 Å². The fraction of sp³-hybridized carbons (Fsp3) is 0.208. The zero-order valence-corrected chi connectivity index (χ0v) is 16.6. The normalized spacial score (nSPS) is 17.8. The van der Waals surface area contributed by atoms with Gasteiger partial charge in [0.05, 0.1) is 11.7 Å². The summed E-state index contributed by atoms with van der Waals surface area (Å²) in [6, 6.07) is 13.6. The number of benzene rings is 2. The number of pyridine rings is 1. The zero-order chi connectivity index (χ0) is 20.3. The maximum atomic E-state index is 13.1. The molecule has 2 aliphatic heterocycles. The van der Waals surface area contributed by atoms with Crippen LogP contribution in [0.15, 0.2) is 65.6 Å². The molecule has 0 saturated carbocycles. The van der Waals surface area contributed by atoms with E-state index >= 15 is 0 Å². The van der Waals surface area contributed by atoms with Crippen molar-refractivity contribution in [2.45, 2.75) is 19.9 Å². The van der Waals surface area contributed by atoms with Crippen molar-refractivity contribution in [2.24, 2.45) is 5.73 Å². The molecule has 1 unspecified atom stereocenters. The van der Waals surface area contributed by atoms with Crippen LogP contribution in [0.4, 0.5) is 5.69 Å². The quantitative estimate of drug-likeness (QED) is 0.730. The van der Waals surface area contributed by atoms with Crippen LogP contribution in [0.5, 0.6) is 5.75 Å². The minimum absolute atomic E-state index is 0.0113. The topological polar surface area (TPSA) is 60.5 Å². The van der Waals surface area contributed by atoms with E-state index in [2.05, 4.69) is 30.5 Å². The average Bonchev–Trinajstić information content (AvgIpc) is 2.72. The predicted octanol–water partition coefficient (Wildman–Crippen LogP) is 3.76. The molecule has 0 bridgehead atoms. The Balaban J connectivity index is 1.96. The Hall–Kier alpha value is -3.31. The van der Waals surface area contributed by atoms with Gasteiger partial charge in [-0.1, -0.05) is 24.8 Å². The first-order valence-corrected chi connectivity index (χ1v) is 9.79. The van der Waals surface area contributed by atoms with E-state index in [1.54, 1.807) is 10.6 Å². The van der Waals surface area contributed by atoms with Gasteiger partial charge in [-0.2, -0.15) is 0 Å². The lowest BCUT2D eigenvalue weighted by molar-refractivity contribution is 0.273. The van der Waals surface area contributed by atoms with Gasteiger partial charge in [0, 0.05) is 34.9 Å². The second kappa shape index (κ2) is 6.36. The summed E-state index contributed by atoms with van der Waals surface area (Å²) in [7, 11) is 0. The van der Waals surface area contributed by atoms with Gasteiger partial charge in [-0.15, -0.1) is 0 Å². The standard InChI is InChI=1S/C24H23N3O2/c1-14-9-16(3)26-18(12-25)13-29-24-22(26)19(14)11-20-15(2)10-21(28)27(23(20)24)17-7-5-4-6-8-17/h4-11,18H,3,12-13,25H2,1-2H3. The number of hydrogen-bond acceptors (Lipinski definition) is 4. The number of aryl methyl sites for hydroxylation is 1. The minimum Gasteiger partial charge on any atom is -0.487 e. The van der Waals surface area contributed by atoms with Gasteiger partial charge in [-0.05, 0) is 49.3 Å². The first-order valence-electron chi connectivity index (χ1n) is 9.79. The average molecular weight is 385 g/mol. The van der Waals surface area contributed by atoms with Crippen LogP contribution >= 0.6 is 0 Å². The molecule has 5 nitrogen and oxygen atoms in total. The van der Waals surface area contributed by atoms with Crippen LogP contribution in [-0.4, -0.2) is 23.8 Å². The van der Waals surface area contributed by atoms with Crippen molar-refractivity contribution in [3.8, 4) is 11.4 Å². The summed E-state index contributed by atoms with van der Waals surface area (Å²) >= 11 is 0. The molecule has 0 spiro atoms. The number of para-hydroxylation sites is 1. The lowest BCUT2D eigenvalue weighted by atomic mass is 9.92. The van der Waals surface area contributed by atoms with Gasteiger partial charge in [-0.25, -0.2) is 0 Å². The highest BCUT2D eigenvalue weighted by Gasteiger charge is 2.35. The molecule has 0 aliphatic carbocycles. The van der Waals surface area contributed by atoms with Crippen LogP contribution in [0.1, 0.15) is 18.1 Å². The van der Waals surface area contributed by atoms with E-state index in [1.807, 2.05) is 37.3 Å². The zero-order valence-electron chi connectivity index (χ0n) is 16.6. The Bertz CT molecular complexity index is 1250. The van der Waals surface area contributed by atoms with Crippen molar-refractivity contribution in [1.82, 2.24) is 4.57 Å². The molecule has 29 heavy (non-hydrogen) atoms. The van der Waals surface area contributed by atoms with E-state index in [1.165, 1.54) is 0 Å². The van der Waals surface area contributed by atoms with Gasteiger partial charge < -0.3 is 15.4 Å². The number of rotatable bonds is 2. The number of allylic oxidation sites excluding steroid dienone is 2. The third kappa shape index (κ3) is 2.47. The van der Waals surface area contributed by atoms with Gasteiger partial charge in [0.2, 0.25) is 0 Å². The molecule has 2 aliphatic rings. The number of fused-ring (bicyclic) bond motifs is 2. The molecule has 3 heterocycles. The maximum absolute atomic E-state index is 13.1. The third-order valence-corrected chi connectivity index (χ3v) is 5.87. The van der Waals surface area contributed by atoms with E-state index < -0.39 is 0 Å². The lowest BCUT2D eigenvalue weighted by Crippen LogP contribution is -2.48. The summed E-state index contributed by atoms with van der Waals surface area (Å²) < 4.78 is 8.05. The first kappa shape index (κ1) is 17.8. The van der Waals surface area contributed by atoms with Gasteiger partial charge in [0.15, 0.2) is 5.75 Å². The number of hydrogen-bond donors (Lipinski definition) is 1. The van der Waals surface area contributed by atoms with Crippen molar-refractivity contribution >= 4 is 22.2 Å². The highest BCUT2D eigenvalue weighted by Crippen LogP contribution is 2.49. The van der Waals surface area contributed by atoms with Crippen molar-refractivity contribution in [1.29, 1.82) is 0 Å².